The van der Waals surface area contributed by atoms with Crippen LogP contribution in [0.5, 0.6) is 11.5 Å². The molecule has 0 aliphatic heterocycles. The number of rotatable bonds is 6. The zero-order valence-electron chi connectivity index (χ0n) is 12.1. The molecule has 0 saturated heterocycles. The van der Waals surface area contributed by atoms with Crippen molar-refractivity contribution in [2.75, 3.05) is 13.7 Å². The maximum atomic E-state index is 11.2. The number of amides is 1. The minimum absolute atomic E-state index is 0.272. The van der Waals surface area contributed by atoms with Gasteiger partial charge in [0.15, 0.2) is 11.5 Å². The Morgan fingerprint density at radius 2 is 2.00 bits per heavy atom. The van der Waals surface area contributed by atoms with Crippen LogP contribution in [0.2, 0.25) is 5.02 Å². The number of primary amides is 1. The molecular weight excluding hydrogens is 302 g/mol. The van der Waals surface area contributed by atoms with Crippen LogP contribution in [-0.2, 0) is 0 Å². The van der Waals surface area contributed by atoms with E-state index in [1.165, 1.54) is 19.2 Å². The zero-order chi connectivity index (χ0) is 15.9. The monoisotopic (exact) mass is 317 g/mol. The van der Waals surface area contributed by atoms with Gasteiger partial charge < -0.3 is 15.2 Å². The molecule has 114 valence electrons. The van der Waals surface area contributed by atoms with Gasteiger partial charge in [-0.1, -0.05) is 48.0 Å². The number of ether oxygens (including phenoxy) is 2. The number of hydrogen-bond donors (Lipinski definition) is 1. The first kappa shape index (κ1) is 15.9. The molecule has 0 heterocycles. The predicted molar refractivity (Wildman–Crippen MR) is 87.5 cm³/mol. The summed E-state index contributed by atoms with van der Waals surface area (Å²) in [5.41, 5.74) is 6.59. The topological polar surface area (TPSA) is 61.5 Å². The molecule has 0 aliphatic rings. The molecule has 0 spiro atoms. The van der Waals surface area contributed by atoms with Crippen LogP contribution >= 0.6 is 11.6 Å². The highest BCUT2D eigenvalue weighted by atomic mass is 35.5. The minimum atomic E-state index is -0.573. The van der Waals surface area contributed by atoms with Crippen LogP contribution < -0.4 is 15.2 Å². The molecule has 0 fully saturated rings. The van der Waals surface area contributed by atoms with Gasteiger partial charge in [0.2, 0.25) is 5.91 Å². The van der Waals surface area contributed by atoms with E-state index in [-0.39, 0.29) is 10.6 Å². The van der Waals surface area contributed by atoms with E-state index >= 15 is 0 Å². The Morgan fingerprint density at radius 1 is 1.27 bits per heavy atom. The number of nitrogens with two attached hydrogens (primary N) is 1. The van der Waals surface area contributed by atoms with Crippen LogP contribution in [0.4, 0.5) is 0 Å². The van der Waals surface area contributed by atoms with Gasteiger partial charge in [-0.05, 0) is 23.8 Å². The van der Waals surface area contributed by atoms with Gasteiger partial charge in [0.05, 0.1) is 12.1 Å². The van der Waals surface area contributed by atoms with E-state index < -0.39 is 5.91 Å². The van der Waals surface area contributed by atoms with Crippen LogP contribution in [-0.4, -0.2) is 19.6 Å². The molecule has 1 amide bonds. The Morgan fingerprint density at radius 3 is 2.64 bits per heavy atom. The van der Waals surface area contributed by atoms with E-state index in [0.29, 0.717) is 18.1 Å². The number of hydrogen-bond acceptors (Lipinski definition) is 3. The third-order valence-electron chi connectivity index (χ3n) is 2.95. The summed E-state index contributed by atoms with van der Waals surface area (Å²) in [6.45, 7) is 0.320. The van der Waals surface area contributed by atoms with Crippen molar-refractivity contribution in [2.24, 2.45) is 5.73 Å². The highest BCUT2D eigenvalue weighted by molar-refractivity contribution is 6.32. The van der Waals surface area contributed by atoms with Crippen LogP contribution in [0.3, 0.4) is 0 Å². The van der Waals surface area contributed by atoms with Crippen molar-refractivity contribution in [1.29, 1.82) is 0 Å². The summed E-state index contributed by atoms with van der Waals surface area (Å²) in [6, 6.07) is 12.8. The lowest BCUT2D eigenvalue weighted by Gasteiger charge is -2.12. The maximum Gasteiger partial charge on any atom is 0.248 e. The fraction of sp³-hybridized carbons (Fsp3) is 0.118. The summed E-state index contributed by atoms with van der Waals surface area (Å²) in [5, 5.41) is 0.279. The van der Waals surface area contributed by atoms with Gasteiger partial charge in [0.1, 0.15) is 6.61 Å². The van der Waals surface area contributed by atoms with Crippen molar-refractivity contribution < 1.29 is 14.3 Å². The minimum Gasteiger partial charge on any atom is -0.493 e. The Hall–Kier alpha value is -2.46. The van der Waals surface area contributed by atoms with Gasteiger partial charge in [0.25, 0.3) is 0 Å². The largest absolute Gasteiger partial charge is 0.493 e. The summed E-state index contributed by atoms with van der Waals surface area (Å²) < 4.78 is 10.8. The number of methoxy groups -OCH3 is 1. The summed E-state index contributed by atoms with van der Waals surface area (Å²) in [6.07, 6.45) is 3.81. The fourth-order valence-electron chi connectivity index (χ4n) is 1.88. The van der Waals surface area contributed by atoms with Gasteiger partial charge >= 0.3 is 0 Å². The van der Waals surface area contributed by atoms with E-state index in [4.69, 9.17) is 26.8 Å². The highest BCUT2D eigenvalue weighted by Gasteiger charge is 2.13. The molecule has 22 heavy (non-hydrogen) atoms. The van der Waals surface area contributed by atoms with Crippen LogP contribution in [0.1, 0.15) is 15.9 Å². The lowest BCUT2D eigenvalue weighted by molar-refractivity contribution is 0.1000. The third-order valence-corrected chi connectivity index (χ3v) is 3.23. The van der Waals surface area contributed by atoms with Crippen molar-refractivity contribution in [3.63, 3.8) is 0 Å². The molecule has 4 nitrogen and oxygen atoms in total. The number of benzene rings is 2. The Bertz CT molecular complexity index is 684. The quantitative estimate of drug-likeness (QED) is 0.886. The van der Waals surface area contributed by atoms with E-state index in [1.54, 1.807) is 0 Å². The van der Waals surface area contributed by atoms with Crippen molar-refractivity contribution in [3.8, 4) is 11.5 Å². The smallest absolute Gasteiger partial charge is 0.248 e. The molecular formula is C17H16ClNO3. The fourth-order valence-corrected chi connectivity index (χ4v) is 2.15. The van der Waals surface area contributed by atoms with E-state index in [2.05, 4.69) is 0 Å². The normalized spacial score (nSPS) is 10.6. The van der Waals surface area contributed by atoms with Crippen molar-refractivity contribution in [1.82, 2.24) is 0 Å². The molecule has 2 aromatic carbocycles. The summed E-state index contributed by atoms with van der Waals surface area (Å²) in [4.78, 5) is 11.2. The molecule has 0 saturated carbocycles. The predicted octanol–water partition coefficient (Wildman–Crippen LogP) is 3.54. The number of carbonyl (C=O) groups excluding carboxylic acids is 1. The molecule has 0 radical (unpaired) electrons. The molecule has 0 atom stereocenters. The Balaban J connectivity index is 2.09. The summed E-state index contributed by atoms with van der Waals surface area (Å²) >= 11 is 6.12. The average Bonchev–Trinajstić information content (AvgIpc) is 2.53. The van der Waals surface area contributed by atoms with E-state index in [9.17, 15) is 4.79 Å². The van der Waals surface area contributed by atoms with Crippen molar-refractivity contribution >= 4 is 23.6 Å². The first-order valence-electron chi connectivity index (χ1n) is 6.63. The second kappa shape index (κ2) is 7.52. The first-order chi connectivity index (χ1) is 10.6. The van der Waals surface area contributed by atoms with Gasteiger partial charge in [-0.15, -0.1) is 0 Å². The van der Waals surface area contributed by atoms with Crippen molar-refractivity contribution in [2.45, 2.75) is 0 Å². The average molecular weight is 318 g/mol. The summed E-state index contributed by atoms with van der Waals surface area (Å²) in [5.74, 6) is 0.178. The molecule has 0 aliphatic carbocycles. The van der Waals surface area contributed by atoms with Gasteiger partial charge in [-0.2, -0.15) is 0 Å². The van der Waals surface area contributed by atoms with Gasteiger partial charge in [-0.25, -0.2) is 0 Å². The Labute approximate surface area is 134 Å². The van der Waals surface area contributed by atoms with E-state index in [1.807, 2.05) is 42.5 Å². The third kappa shape index (κ3) is 4.02. The van der Waals surface area contributed by atoms with Gasteiger partial charge in [0, 0.05) is 5.56 Å². The summed E-state index contributed by atoms with van der Waals surface area (Å²) in [7, 11) is 1.48. The number of carbonyl (C=O) groups is 1. The Kier molecular flexibility index (Phi) is 5.44. The molecule has 2 rings (SSSR count). The SMILES string of the molecule is COc1cc(C(N)=O)cc(Cl)c1OC/C=C/c1ccccc1. The number of halogens is 1. The van der Waals surface area contributed by atoms with E-state index in [0.717, 1.165) is 5.56 Å². The highest BCUT2D eigenvalue weighted by Crippen LogP contribution is 2.36. The van der Waals surface area contributed by atoms with Crippen LogP contribution in [0.25, 0.3) is 6.08 Å². The molecule has 2 aromatic rings. The second-order valence-electron chi connectivity index (χ2n) is 4.48. The molecule has 0 aromatic heterocycles. The zero-order valence-corrected chi connectivity index (χ0v) is 12.8. The molecule has 5 heteroatoms. The van der Waals surface area contributed by atoms with Gasteiger partial charge in [-0.3, -0.25) is 4.79 Å². The molecule has 2 N–H and O–H groups in total. The first-order valence-corrected chi connectivity index (χ1v) is 7.01. The lowest BCUT2D eigenvalue weighted by Crippen LogP contribution is -2.11. The lowest BCUT2D eigenvalue weighted by atomic mass is 10.2. The van der Waals surface area contributed by atoms with Crippen molar-refractivity contribution in [3.05, 3.63) is 64.7 Å². The standard InChI is InChI=1S/C17H16ClNO3/c1-21-15-11-13(17(19)20)10-14(18)16(15)22-9-5-8-12-6-3-2-4-7-12/h2-8,10-11H,9H2,1H3,(H2,19,20)/b8-5+. The molecule has 0 unspecified atom stereocenters. The van der Waals surface area contributed by atoms with Crippen LogP contribution in [0.15, 0.2) is 48.5 Å². The molecule has 0 bridgehead atoms. The maximum absolute atomic E-state index is 11.2. The second-order valence-corrected chi connectivity index (χ2v) is 4.88. The van der Waals surface area contributed by atoms with Crippen LogP contribution in [0, 0.1) is 0 Å².